The van der Waals surface area contributed by atoms with Crippen LogP contribution in [-0.2, 0) is 9.59 Å². The largest absolute Gasteiger partial charge is 0.481 e. The van der Waals surface area contributed by atoms with Crippen LogP contribution in [0.4, 0.5) is 9.52 Å². The van der Waals surface area contributed by atoms with Crippen LogP contribution in [0.25, 0.3) is 11.3 Å². The third kappa shape index (κ3) is 3.87. The van der Waals surface area contributed by atoms with Crippen molar-refractivity contribution < 1.29 is 19.1 Å². The van der Waals surface area contributed by atoms with Crippen molar-refractivity contribution in [2.24, 2.45) is 11.8 Å². The van der Waals surface area contributed by atoms with Gasteiger partial charge in [-0.15, -0.1) is 11.3 Å². The molecule has 1 aliphatic carbocycles. The number of thiazole rings is 1. The van der Waals surface area contributed by atoms with Crippen LogP contribution in [0.5, 0.6) is 0 Å². The van der Waals surface area contributed by atoms with Gasteiger partial charge in [0.15, 0.2) is 5.13 Å². The van der Waals surface area contributed by atoms with Gasteiger partial charge in [-0.1, -0.05) is 12.8 Å². The normalized spacial score (nSPS) is 20.2. The molecule has 1 aliphatic rings. The molecule has 7 heteroatoms. The fraction of sp³-hybridized carbons (Fsp3) is 0.389. The van der Waals surface area contributed by atoms with E-state index in [4.69, 9.17) is 0 Å². The molecule has 0 bridgehead atoms. The molecular formula is C18H19FN2O3S. The van der Waals surface area contributed by atoms with Gasteiger partial charge in [-0.2, -0.15) is 0 Å². The number of carbonyl (C=O) groups excluding carboxylic acids is 1. The van der Waals surface area contributed by atoms with Crippen molar-refractivity contribution in [3.8, 4) is 11.3 Å². The molecule has 2 N–H and O–H groups in total. The van der Waals surface area contributed by atoms with Gasteiger partial charge in [-0.05, 0) is 44.0 Å². The summed E-state index contributed by atoms with van der Waals surface area (Å²) in [5.74, 6) is -2.67. The highest BCUT2D eigenvalue weighted by Crippen LogP contribution is 2.34. The lowest BCUT2D eigenvalue weighted by atomic mass is 9.79. The molecule has 25 heavy (non-hydrogen) atoms. The van der Waals surface area contributed by atoms with Gasteiger partial charge in [0.25, 0.3) is 0 Å². The maximum absolute atomic E-state index is 13.1. The van der Waals surface area contributed by atoms with E-state index in [0.29, 0.717) is 23.7 Å². The lowest BCUT2D eigenvalue weighted by molar-refractivity contribution is -0.147. The number of carbonyl (C=O) groups is 2. The average Bonchev–Trinajstić information content (AvgIpc) is 2.95. The number of halogens is 1. The highest BCUT2D eigenvalue weighted by atomic mass is 32.1. The Hall–Kier alpha value is -2.28. The monoisotopic (exact) mass is 362 g/mol. The van der Waals surface area contributed by atoms with Crippen LogP contribution >= 0.6 is 11.3 Å². The molecule has 0 unspecified atom stereocenters. The predicted molar refractivity (Wildman–Crippen MR) is 94.0 cm³/mol. The van der Waals surface area contributed by atoms with Gasteiger partial charge in [0.2, 0.25) is 5.91 Å². The van der Waals surface area contributed by atoms with Crippen molar-refractivity contribution in [3.63, 3.8) is 0 Å². The van der Waals surface area contributed by atoms with Gasteiger partial charge >= 0.3 is 5.97 Å². The Kier molecular flexibility index (Phi) is 5.13. The molecule has 1 amide bonds. The minimum Gasteiger partial charge on any atom is -0.481 e. The highest BCUT2D eigenvalue weighted by molar-refractivity contribution is 7.16. The van der Waals surface area contributed by atoms with Crippen LogP contribution in [0.15, 0.2) is 24.3 Å². The van der Waals surface area contributed by atoms with Crippen LogP contribution in [0.2, 0.25) is 0 Å². The van der Waals surface area contributed by atoms with Crippen LogP contribution in [0, 0.1) is 24.6 Å². The molecular weight excluding hydrogens is 343 g/mol. The lowest BCUT2D eigenvalue weighted by Gasteiger charge is -2.26. The molecule has 0 saturated heterocycles. The minimum atomic E-state index is -0.915. The molecule has 132 valence electrons. The second-order valence-corrected chi connectivity index (χ2v) is 7.46. The van der Waals surface area contributed by atoms with E-state index in [1.807, 2.05) is 6.92 Å². The number of carboxylic acids is 1. The maximum atomic E-state index is 13.1. The number of aryl methyl sites for hydroxylation is 1. The Labute approximate surface area is 148 Å². The van der Waals surface area contributed by atoms with Gasteiger partial charge in [0, 0.05) is 10.4 Å². The van der Waals surface area contributed by atoms with Crippen molar-refractivity contribution in [1.29, 1.82) is 0 Å². The zero-order chi connectivity index (χ0) is 18.0. The summed E-state index contributed by atoms with van der Waals surface area (Å²) in [6.45, 7) is 1.88. The van der Waals surface area contributed by atoms with Gasteiger partial charge in [0.05, 0.1) is 17.5 Å². The molecule has 0 spiro atoms. The van der Waals surface area contributed by atoms with E-state index in [-0.39, 0.29) is 11.7 Å². The number of rotatable bonds is 4. The smallest absolute Gasteiger partial charge is 0.307 e. The first-order valence-electron chi connectivity index (χ1n) is 8.22. The fourth-order valence-corrected chi connectivity index (χ4v) is 4.10. The van der Waals surface area contributed by atoms with Crippen molar-refractivity contribution in [3.05, 3.63) is 35.0 Å². The second-order valence-electron chi connectivity index (χ2n) is 6.26. The van der Waals surface area contributed by atoms with Crippen molar-refractivity contribution in [2.45, 2.75) is 32.6 Å². The zero-order valence-electron chi connectivity index (χ0n) is 13.8. The number of aliphatic carboxylic acids is 1. The molecule has 3 rings (SSSR count). The fourth-order valence-electron chi connectivity index (χ4n) is 3.26. The molecule has 1 heterocycles. The van der Waals surface area contributed by atoms with E-state index in [1.165, 1.54) is 23.5 Å². The lowest BCUT2D eigenvalue weighted by Crippen LogP contribution is -2.36. The Bertz CT molecular complexity index is 788. The summed E-state index contributed by atoms with van der Waals surface area (Å²) in [5, 5.41) is 12.5. The van der Waals surface area contributed by atoms with Crippen LogP contribution in [-0.4, -0.2) is 22.0 Å². The minimum absolute atomic E-state index is 0.286. The third-order valence-corrected chi connectivity index (χ3v) is 5.45. The number of nitrogens with zero attached hydrogens (tertiary/aromatic N) is 1. The maximum Gasteiger partial charge on any atom is 0.307 e. The third-order valence-electron chi connectivity index (χ3n) is 4.56. The molecule has 5 nitrogen and oxygen atoms in total. The van der Waals surface area contributed by atoms with Crippen molar-refractivity contribution >= 4 is 28.3 Å². The van der Waals surface area contributed by atoms with Gasteiger partial charge in [-0.3, -0.25) is 9.59 Å². The Morgan fingerprint density at radius 1 is 1.20 bits per heavy atom. The van der Waals surface area contributed by atoms with Gasteiger partial charge in [-0.25, -0.2) is 9.37 Å². The van der Waals surface area contributed by atoms with Gasteiger partial charge < -0.3 is 10.4 Å². The number of nitrogens with one attached hydrogen (secondary N) is 1. The Morgan fingerprint density at radius 2 is 1.84 bits per heavy atom. The Morgan fingerprint density at radius 3 is 2.48 bits per heavy atom. The SMILES string of the molecule is Cc1sc(NC(=O)[C@@H]2CCCC[C@@H]2C(=O)O)nc1-c1ccc(F)cc1. The molecule has 2 atom stereocenters. The predicted octanol–water partition coefficient (Wildman–Crippen LogP) is 4.09. The summed E-state index contributed by atoms with van der Waals surface area (Å²) in [6, 6.07) is 6.02. The Balaban J connectivity index is 1.77. The first kappa shape index (κ1) is 17.5. The molecule has 1 aromatic carbocycles. The second kappa shape index (κ2) is 7.31. The number of hydrogen-bond acceptors (Lipinski definition) is 4. The molecule has 0 radical (unpaired) electrons. The summed E-state index contributed by atoms with van der Waals surface area (Å²) in [5.41, 5.74) is 1.47. The number of hydrogen-bond donors (Lipinski definition) is 2. The average molecular weight is 362 g/mol. The van der Waals surface area contributed by atoms with Crippen molar-refractivity contribution in [1.82, 2.24) is 4.98 Å². The van der Waals surface area contributed by atoms with E-state index in [0.717, 1.165) is 23.3 Å². The topological polar surface area (TPSA) is 79.3 Å². The highest BCUT2D eigenvalue weighted by Gasteiger charge is 2.36. The first-order valence-corrected chi connectivity index (χ1v) is 9.04. The standard InChI is InChI=1S/C18H19FN2O3S/c1-10-15(11-6-8-12(19)9-7-11)20-18(25-10)21-16(22)13-4-2-3-5-14(13)17(23)24/h6-9,13-14H,2-5H2,1H3,(H,23,24)(H,20,21,22)/t13-,14+/m1/s1. The summed E-state index contributed by atoms with van der Waals surface area (Å²) >= 11 is 1.33. The van der Waals surface area contributed by atoms with Crippen LogP contribution in [0.1, 0.15) is 30.6 Å². The summed E-state index contributed by atoms with van der Waals surface area (Å²) in [4.78, 5) is 29.2. The van der Waals surface area contributed by atoms with E-state index in [9.17, 15) is 19.1 Å². The van der Waals surface area contributed by atoms with Crippen LogP contribution in [0.3, 0.4) is 0 Å². The summed E-state index contributed by atoms with van der Waals surface area (Å²) in [7, 11) is 0. The number of anilines is 1. The van der Waals surface area contributed by atoms with Crippen LogP contribution < -0.4 is 5.32 Å². The van der Waals surface area contributed by atoms with E-state index in [1.54, 1.807) is 12.1 Å². The summed E-state index contributed by atoms with van der Waals surface area (Å²) in [6.07, 6.45) is 2.81. The number of benzene rings is 1. The van der Waals surface area contributed by atoms with E-state index in [2.05, 4.69) is 10.3 Å². The summed E-state index contributed by atoms with van der Waals surface area (Å²) < 4.78 is 13.1. The zero-order valence-corrected chi connectivity index (χ0v) is 14.6. The number of carboxylic acid groups (broad SMARTS) is 1. The van der Waals surface area contributed by atoms with E-state index < -0.39 is 17.8 Å². The van der Waals surface area contributed by atoms with E-state index >= 15 is 0 Å². The molecule has 1 fully saturated rings. The molecule has 1 aromatic heterocycles. The first-order chi connectivity index (χ1) is 12.0. The van der Waals surface area contributed by atoms with Gasteiger partial charge in [0.1, 0.15) is 5.82 Å². The molecule has 1 saturated carbocycles. The molecule has 0 aliphatic heterocycles. The number of amides is 1. The molecule has 2 aromatic rings. The number of aromatic nitrogens is 1. The quantitative estimate of drug-likeness (QED) is 0.859. The van der Waals surface area contributed by atoms with Crippen molar-refractivity contribution in [2.75, 3.05) is 5.32 Å².